The molecule has 1 atom stereocenters. The number of halogens is 3. The Balaban J connectivity index is 1.46. The third kappa shape index (κ3) is 3.06. The van der Waals surface area contributed by atoms with Crippen molar-refractivity contribution in [2.45, 2.75) is 18.4 Å². The first-order valence-electron chi connectivity index (χ1n) is 9.23. The Morgan fingerprint density at radius 2 is 2.00 bits per heavy atom. The number of anilines is 2. The molecule has 2 aliphatic heterocycles. The molecule has 9 heteroatoms. The molecule has 6 nitrogen and oxygen atoms in total. The number of amides is 1. The van der Waals surface area contributed by atoms with Crippen LogP contribution in [-0.4, -0.2) is 41.7 Å². The molecule has 0 spiro atoms. The van der Waals surface area contributed by atoms with Crippen LogP contribution in [0.4, 0.5) is 29.3 Å². The minimum Gasteiger partial charge on any atom is -0.447 e. The maximum Gasteiger partial charge on any atom is 0.415 e. The van der Waals surface area contributed by atoms with Gasteiger partial charge in [0.05, 0.1) is 29.6 Å². The van der Waals surface area contributed by atoms with Crippen LogP contribution in [0, 0.1) is 5.82 Å². The van der Waals surface area contributed by atoms with Crippen molar-refractivity contribution in [3.8, 4) is 0 Å². The number of carbonyl (C=O) groups excluding carboxylic acids is 1. The fraction of sp³-hybridized carbons (Fsp3) is 0.300. The molecule has 3 aromatic rings. The highest BCUT2D eigenvalue weighted by atomic mass is 19.3. The minimum absolute atomic E-state index is 0.00448. The summed E-state index contributed by atoms with van der Waals surface area (Å²) in [5, 5.41) is 0. The van der Waals surface area contributed by atoms with Gasteiger partial charge in [-0.15, -0.1) is 0 Å². The lowest BCUT2D eigenvalue weighted by atomic mass is 10.0. The SMILES string of the molecule is O=C1OCC(c2ccc(N3CCC(F)(F)C3)cc2F)N1c1ccc2[nH]cnc2c1. The van der Waals surface area contributed by atoms with E-state index < -0.39 is 30.4 Å². The van der Waals surface area contributed by atoms with Crippen LogP contribution in [0.3, 0.4) is 0 Å². The third-order valence-corrected chi connectivity index (χ3v) is 5.43. The number of nitrogens with zero attached hydrogens (tertiary/aromatic N) is 3. The number of nitrogens with one attached hydrogen (secondary N) is 1. The van der Waals surface area contributed by atoms with Crippen molar-refractivity contribution in [1.29, 1.82) is 0 Å². The number of imidazole rings is 1. The molecule has 150 valence electrons. The van der Waals surface area contributed by atoms with E-state index in [0.29, 0.717) is 16.9 Å². The normalized spacial score (nSPS) is 21.2. The zero-order valence-corrected chi connectivity index (χ0v) is 15.2. The summed E-state index contributed by atoms with van der Waals surface area (Å²) in [6, 6.07) is 8.98. The molecule has 5 rings (SSSR count). The lowest BCUT2D eigenvalue weighted by Gasteiger charge is -2.24. The molecule has 0 saturated carbocycles. The molecule has 0 aliphatic carbocycles. The molecule has 0 radical (unpaired) electrons. The van der Waals surface area contributed by atoms with Crippen molar-refractivity contribution < 1.29 is 22.7 Å². The summed E-state index contributed by atoms with van der Waals surface area (Å²) in [6.45, 7) is -0.255. The van der Waals surface area contributed by atoms with Crippen LogP contribution in [-0.2, 0) is 4.74 Å². The number of benzene rings is 2. The molecule has 2 aliphatic rings. The topological polar surface area (TPSA) is 61.5 Å². The van der Waals surface area contributed by atoms with Gasteiger partial charge in [-0.25, -0.2) is 22.9 Å². The van der Waals surface area contributed by atoms with Gasteiger partial charge in [0.1, 0.15) is 18.5 Å². The molecule has 2 aromatic carbocycles. The number of hydrogen-bond donors (Lipinski definition) is 1. The van der Waals surface area contributed by atoms with E-state index in [0.717, 1.165) is 5.52 Å². The second-order valence-corrected chi connectivity index (χ2v) is 7.30. The fourth-order valence-corrected chi connectivity index (χ4v) is 3.95. The number of ether oxygens (including phenoxy) is 1. The maximum absolute atomic E-state index is 14.9. The first kappa shape index (κ1) is 17.8. The fourth-order valence-electron chi connectivity index (χ4n) is 3.95. The zero-order chi connectivity index (χ0) is 20.2. The van der Waals surface area contributed by atoms with Gasteiger partial charge in [-0.05, 0) is 30.3 Å². The van der Waals surface area contributed by atoms with Crippen LogP contribution in [0.2, 0.25) is 0 Å². The van der Waals surface area contributed by atoms with Gasteiger partial charge in [0.15, 0.2) is 0 Å². The van der Waals surface area contributed by atoms with Crippen LogP contribution >= 0.6 is 0 Å². The molecule has 1 amide bonds. The minimum atomic E-state index is -2.76. The van der Waals surface area contributed by atoms with Gasteiger partial charge in [0.2, 0.25) is 0 Å². The highest BCUT2D eigenvalue weighted by Gasteiger charge is 2.40. The van der Waals surface area contributed by atoms with Crippen LogP contribution in [0.5, 0.6) is 0 Å². The van der Waals surface area contributed by atoms with Crippen LogP contribution < -0.4 is 9.80 Å². The van der Waals surface area contributed by atoms with Gasteiger partial charge < -0.3 is 14.6 Å². The van der Waals surface area contributed by atoms with E-state index in [9.17, 15) is 18.0 Å². The monoisotopic (exact) mass is 402 g/mol. The van der Waals surface area contributed by atoms with E-state index in [2.05, 4.69) is 9.97 Å². The van der Waals surface area contributed by atoms with Crippen molar-refractivity contribution in [1.82, 2.24) is 9.97 Å². The highest BCUT2D eigenvalue weighted by Crippen LogP contribution is 2.37. The van der Waals surface area contributed by atoms with Crippen molar-refractivity contribution in [2.24, 2.45) is 0 Å². The summed E-state index contributed by atoms with van der Waals surface area (Å²) >= 11 is 0. The first-order chi connectivity index (χ1) is 13.9. The van der Waals surface area contributed by atoms with E-state index in [1.165, 1.54) is 21.9 Å². The Kier molecular flexibility index (Phi) is 3.94. The summed E-state index contributed by atoms with van der Waals surface area (Å²) in [5.41, 5.74) is 2.70. The number of carbonyl (C=O) groups is 1. The maximum atomic E-state index is 14.9. The highest BCUT2D eigenvalue weighted by molar-refractivity contribution is 5.93. The Bertz CT molecular complexity index is 1100. The summed E-state index contributed by atoms with van der Waals surface area (Å²) in [4.78, 5) is 22.4. The van der Waals surface area contributed by atoms with Crippen LogP contribution in [0.15, 0.2) is 42.7 Å². The number of aromatic amines is 1. The predicted octanol–water partition coefficient (Wildman–Crippen LogP) is 4.25. The van der Waals surface area contributed by atoms with Gasteiger partial charge in [-0.2, -0.15) is 0 Å². The molecule has 2 fully saturated rings. The third-order valence-electron chi connectivity index (χ3n) is 5.43. The first-order valence-corrected chi connectivity index (χ1v) is 9.23. The molecule has 2 saturated heterocycles. The van der Waals surface area contributed by atoms with Gasteiger partial charge in [0, 0.05) is 24.2 Å². The number of aromatic nitrogens is 2. The van der Waals surface area contributed by atoms with Gasteiger partial charge >= 0.3 is 6.09 Å². The summed E-state index contributed by atoms with van der Waals surface area (Å²) in [5.74, 6) is -3.32. The number of hydrogen-bond acceptors (Lipinski definition) is 4. The van der Waals surface area contributed by atoms with E-state index in [1.807, 2.05) is 0 Å². The van der Waals surface area contributed by atoms with Crippen molar-refractivity contribution in [2.75, 3.05) is 29.5 Å². The largest absolute Gasteiger partial charge is 0.447 e. The lowest BCUT2D eigenvalue weighted by molar-refractivity contribution is 0.0257. The summed E-state index contributed by atoms with van der Waals surface area (Å²) in [6.07, 6.45) is 0.729. The zero-order valence-electron chi connectivity index (χ0n) is 15.2. The van der Waals surface area contributed by atoms with Crippen LogP contribution in [0.1, 0.15) is 18.0 Å². The van der Waals surface area contributed by atoms with Gasteiger partial charge in [0.25, 0.3) is 5.92 Å². The van der Waals surface area contributed by atoms with Crippen molar-refractivity contribution in [3.63, 3.8) is 0 Å². The van der Waals surface area contributed by atoms with E-state index in [1.54, 1.807) is 30.6 Å². The quantitative estimate of drug-likeness (QED) is 0.712. The lowest BCUT2D eigenvalue weighted by Crippen LogP contribution is -2.28. The molecule has 0 bridgehead atoms. The molecule has 3 heterocycles. The number of cyclic esters (lactones) is 1. The molecular formula is C20H17F3N4O2. The standard InChI is InChI=1S/C20H17F3N4O2/c21-15-7-12(26-6-5-20(22,23)10-26)1-3-14(15)18-9-29-19(28)27(18)13-2-4-16-17(8-13)25-11-24-16/h1-4,7-8,11,18H,5-6,9-10H2,(H,24,25). The number of alkyl halides is 2. The number of fused-ring (bicyclic) bond motifs is 1. The average molecular weight is 402 g/mol. The van der Waals surface area contributed by atoms with Crippen LogP contribution in [0.25, 0.3) is 11.0 Å². The Morgan fingerprint density at radius 1 is 1.17 bits per heavy atom. The summed E-state index contributed by atoms with van der Waals surface area (Å²) in [7, 11) is 0. The van der Waals surface area contributed by atoms with E-state index >= 15 is 0 Å². The smallest absolute Gasteiger partial charge is 0.415 e. The van der Waals surface area contributed by atoms with Gasteiger partial charge in [-0.3, -0.25) is 4.90 Å². The van der Waals surface area contributed by atoms with E-state index in [-0.39, 0.29) is 25.1 Å². The molecule has 1 N–H and O–H groups in total. The Hall–Kier alpha value is -3.23. The second-order valence-electron chi connectivity index (χ2n) is 7.30. The average Bonchev–Trinajstić information content (AvgIpc) is 3.39. The molecular weight excluding hydrogens is 385 g/mol. The van der Waals surface area contributed by atoms with Crippen molar-refractivity contribution >= 4 is 28.5 Å². The Morgan fingerprint density at radius 3 is 2.76 bits per heavy atom. The molecule has 1 aromatic heterocycles. The predicted molar refractivity (Wildman–Crippen MR) is 101 cm³/mol. The van der Waals surface area contributed by atoms with Crippen molar-refractivity contribution in [3.05, 3.63) is 54.1 Å². The van der Waals surface area contributed by atoms with Gasteiger partial charge in [-0.1, -0.05) is 6.07 Å². The summed E-state index contributed by atoms with van der Waals surface area (Å²) < 4.78 is 47.1. The number of rotatable bonds is 3. The Labute approximate surface area is 163 Å². The van der Waals surface area contributed by atoms with E-state index in [4.69, 9.17) is 4.74 Å². The molecule has 1 unspecified atom stereocenters. The number of H-pyrrole nitrogens is 1. The second kappa shape index (κ2) is 6.40. The molecule has 29 heavy (non-hydrogen) atoms.